The van der Waals surface area contributed by atoms with Crippen molar-refractivity contribution >= 4 is 23.2 Å². The molecule has 2 rings (SSSR count). The van der Waals surface area contributed by atoms with Gasteiger partial charge in [-0.15, -0.1) is 0 Å². The molecule has 1 aromatic rings. The van der Waals surface area contributed by atoms with Crippen molar-refractivity contribution in [2.45, 2.75) is 12.8 Å². The molecule has 0 bridgehead atoms. The number of amides is 1. The molecule has 104 valence electrons. The molecule has 1 aromatic carbocycles. The molecule has 1 saturated heterocycles. The third-order valence-corrected chi connectivity index (χ3v) is 3.81. The number of benzene rings is 1. The fourth-order valence-corrected chi connectivity index (χ4v) is 2.47. The molecule has 4 nitrogen and oxygen atoms in total. The molecule has 19 heavy (non-hydrogen) atoms. The van der Waals surface area contributed by atoms with Gasteiger partial charge in [0.2, 0.25) is 5.91 Å². The largest absolute Gasteiger partial charge is 0.396 e. The van der Waals surface area contributed by atoms with E-state index in [1.54, 1.807) is 12.1 Å². The van der Waals surface area contributed by atoms with Gasteiger partial charge in [-0.2, -0.15) is 0 Å². The van der Waals surface area contributed by atoms with Crippen molar-refractivity contribution in [3.63, 3.8) is 0 Å². The van der Waals surface area contributed by atoms with Gasteiger partial charge in [0.15, 0.2) is 0 Å². The van der Waals surface area contributed by atoms with Crippen LogP contribution in [-0.4, -0.2) is 42.2 Å². The van der Waals surface area contributed by atoms with E-state index in [0.29, 0.717) is 23.2 Å². The van der Waals surface area contributed by atoms with Gasteiger partial charge in [0.05, 0.1) is 17.3 Å². The summed E-state index contributed by atoms with van der Waals surface area (Å²) in [7, 11) is 0. The SMILES string of the molecule is O=C(CN1CCC(CO)CC1)Nc1ccccc1Cl. The summed E-state index contributed by atoms with van der Waals surface area (Å²) in [5.74, 6) is 0.346. The van der Waals surface area contributed by atoms with E-state index in [0.717, 1.165) is 25.9 Å². The maximum atomic E-state index is 11.9. The van der Waals surface area contributed by atoms with Gasteiger partial charge in [-0.05, 0) is 44.0 Å². The second-order valence-corrected chi connectivity index (χ2v) is 5.34. The molecule has 1 aliphatic heterocycles. The average Bonchev–Trinajstić information content (AvgIpc) is 2.42. The Morgan fingerprint density at radius 3 is 2.68 bits per heavy atom. The Kier molecular flexibility index (Phi) is 5.19. The van der Waals surface area contributed by atoms with Crippen molar-refractivity contribution in [1.29, 1.82) is 0 Å². The number of nitrogens with zero attached hydrogens (tertiary/aromatic N) is 1. The fourth-order valence-electron chi connectivity index (χ4n) is 2.28. The zero-order chi connectivity index (χ0) is 13.7. The minimum absolute atomic E-state index is 0.0458. The number of nitrogens with one attached hydrogen (secondary N) is 1. The Hall–Kier alpha value is -1.10. The van der Waals surface area contributed by atoms with Crippen LogP contribution >= 0.6 is 11.6 Å². The van der Waals surface area contributed by atoms with Crippen LogP contribution in [0.2, 0.25) is 5.02 Å². The van der Waals surface area contributed by atoms with Crippen molar-refractivity contribution in [1.82, 2.24) is 4.90 Å². The summed E-state index contributed by atoms with van der Waals surface area (Å²) in [5, 5.41) is 12.4. The quantitative estimate of drug-likeness (QED) is 0.888. The van der Waals surface area contributed by atoms with Crippen LogP contribution in [0.25, 0.3) is 0 Å². The van der Waals surface area contributed by atoms with E-state index in [1.807, 2.05) is 12.1 Å². The number of piperidine rings is 1. The highest BCUT2D eigenvalue weighted by molar-refractivity contribution is 6.33. The molecule has 1 amide bonds. The number of halogens is 1. The average molecular weight is 283 g/mol. The lowest BCUT2D eigenvalue weighted by Gasteiger charge is -2.30. The summed E-state index contributed by atoms with van der Waals surface area (Å²) in [5.41, 5.74) is 0.652. The first-order valence-corrected chi connectivity index (χ1v) is 6.94. The van der Waals surface area contributed by atoms with Gasteiger partial charge < -0.3 is 10.4 Å². The molecule has 1 fully saturated rings. The second kappa shape index (κ2) is 6.89. The number of para-hydroxylation sites is 1. The van der Waals surface area contributed by atoms with Gasteiger partial charge in [-0.25, -0.2) is 0 Å². The number of hydrogen-bond donors (Lipinski definition) is 2. The van der Waals surface area contributed by atoms with E-state index in [9.17, 15) is 4.79 Å². The number of aliphatic hydroxyl groups is 1. The van der Waals surface area contributed by atoms with E-state index in [2.05, 4.69) is 10.2 Å². The standard InChI is InChI=1S/C14H19ClN2O2/c15-12-3-1-2-4-13(12)16-14(19)9-17-7-5-11(10-18)6-8-17/h1-4,11,18H,5-10H2,(H,16,19). The van der Waals surface area contributed by atoms with Crippen molar-refractivity contribution < 1.29 is 9.90 Å². The summed E-state index contributed by atoms with van der Waals surface area (Å²) >= 11 is 5.99. The normalized spacial score (nSPS) is 17.4. The number of rotatable bonds is 4. The monoisotopic (exact) mass is 282 g/mol. The van der Waals surface area contributed by atoms with Crippen molar-refractivity contribution in [3.05, 3.63) is 29.3 Å². The lowest BCUT2D eigenvalue weighted by Crippen LogP contribution is -2.39. The molecule has 0 radical (unpaired) electrons. The molecule has 0 atom stereocenters. The predicted molar refractivity (Wildman–Crippen MR) is 76.3 cm³/mol. The molecule has 0 saturated carbocycles. The lowest BCUT2D eigenvalue weighted by atomic mass is 9.98. The van der Waals surface area contributed by atoms with Crippen molar-refractivity contribution in [2.24, 2.45) is 5.92 Å². The van der Waals surface area contributed by atoms with Crippen LogP contribution in [0.3, 0.4) is 0 Å². The second-order valence-electron chi connectivity index (χ2n) is 4.93. The highest BCUT2D eigenvalue weighted by Crippen LogP contribution is 2.21. The smallest absolute Gasteiger partial charge is 0.238 e. The number of carbonyl (C=O) groups is 1. The Balaban J connectivity index is 1.81. The molecule has 2 N–H and O–H groups in total. The number of anilines is 1. The summed E-state index contributed by atoms with van der Waals surface area (Å²) in [6.45, 7) is 2.35. The molecule has 1 aliphatic rings. The van der Waals surface area contributed by atoms with Crippen LogP contribution in [0.15, 0.2) is 24.3 Å². The molecule has 0 aliphatic carbocycles. The minimum Gasteiger partial charge on any atom is -0.396 e. The molecule has 0 unspecified atom stereocenters. The van der Waals surface area contributed by atoms with Gasteiger partial charge in [-0.1, -0.05) is 23.7 Å². The van der Waals surface area contributed by atoms with E-state index >= 15 is 0 Å². The zero-order valence-electron chi connectivity index (χ0n) is 10.8. The molecule has 1 heterocycles. The number of carbonyl (C=O) groups excluding carboxylic acids is 1. The van der Waals surface area contributed by atoms with Crippen molar-refractivity contribution in [3.8, 4) is 0 Å². The third kappa shape index (κ3) is 4.20. The van der Waals surface area contributed by atoms with Crippen LogP contribution in [0.4, 0.5) is 5.69 Å². The van der Waals surface area contributed by atoms with Crippen molar-refractivity contribution in [2.75, 3.05) is 31.6 Å². The molecule has 0 spiro atoms. The zero-order valence-corrected chi connectivity index (χ0v) is 11.6. The number of hydrogen-bond acceptors (Lipinski definition) is 3. The minimum atomic E-state index is -0.0458. The highest BCUT2D eigenvalue weighted by Gasteiger charge is 2.20. The Morgan fingerprint density at radius 2 is 2.05 bits per heavy atom. The maximum absolute atomic E-state index is 11.9. The van der Waals surface area contributed by atoms with E-state index in [-0.39, 0.29) is 12.5 Å². The number of aliphatic hydroxyl groups excluding tert-OH is 1. The van der Waals surface area contributed by atoms with E-state index in [4.69, 9.17) is 16.7 Å². The lowest BCUT2D eigenvalue weighted by molar-refractivity contribution is -0.117. The van der Waals surface area contributed by atoms with E-state index in [1.165, 1.54) is 0 Å². The summed E-state index contributed by atoms with van der Waals surface area (Å²) in [6, 6.07) is 7.22. The van der Waals surface area contributed by atoms with Gasteiger partial charge in [0, 0.05) is 6.61 Å². The summed E-state index contributed by atoms with van der Waals surface area (Å²) < 4.78 is 0. The first-order valence-electron chi connectivity index (χ1n) is 6.56. The third-order valence-electron chi connectivity index (χ3n) is 3.48. The van der Waals surface area contributed by atoms with E-state index < -0.39 is 0 Å². The van der Waals surface area contributed by atoms with Crippen LogP contribution in [0, 0.1) is 5.92 Å². The van der Waals surface area contributed by atoms with Gasteiger partial charge in [0.25, 0.3) is 0 Å². The predicted octanol–water partition coefficient (Wildman–Crippen LogP) is 1.98. The van der Waals surface area contributed by atoms with Crippen LogP contribution in [0.1, 0.15) is 12.8 Å². The summed E-state index contributed by atoms with van der Waals surface area (Å²) in [4.78, 5) is 14.0. The van der Waals surface area contributed by atoms with Gasteiger partial charge >= 0.3 is 0 Å². The van der Waals surface area contributed by atoms with Crippen LogP contribution in [0.5, 0.6) is 0 Å². The number of likely N-dealkylation sites (tertiary alicyclic amines) is 1. The summed E-state index contributed by atoms with van der Waals surface area (Å²) in [6.07, 6.45) is 1.91. The molecule has 5 heteroatoms. The molecular weight excluding hydrogens is 264 g/mol. The first kappa shape index (κ1) is 14.3. The fraction of sp³-hybridized carbons (Fsp3) is 0.500. The van der Waals surface area contributed by atoms with Crippen LogP contribution in [-0.2, 0) is 4.79 Å². The Labute approximate surface area is 118 Å². The Bertz CT molecular complexity index is 431. The van der Waals surface area contributed by atoms with Gasteiger partial charge in [0.1, 0.15) is 0 Å². The molecule has 0 aromatic heterocycles. The van der Waals surface area contributed by atoms with Gasteiger partial charge in [-0.3, -0.25) is 9.69 Å². The highest BCUT2D eigenvalue weighted by atomic mass is 35.5. The topological polar surface area (TPSA) is 52.6 Å². The molecular formula is C14H19ClN2O2. The maximum Gasteiger partial charge on any atom is 0.238 e. The first-order chi connectivity index (χ1) is 9.19. The van der Waals surface area contributed by atoms with Crippen LogP contribution < -0.4 is 5.32 Å². The Morgan fingerprint density at radius 1 is 1.37 bits per heavy atom.